The molecule has 90 valence electrons. The summed E-state index contributed by atoms with van der Waals surface area (Å²) < 4.78 is 0. The van der Waals surface area contributed by atoms with Crippen molar-refractivity contribution in [1.82, 2.24) is 4.98 Å². The molecular formula is C14H18N2S. The van der Waals surface area contributed by atoms with Gasteiger partial charge in [-0.05, 0) is 51.0 Å². The van der Waals surface area contributed by atoms with Gasteiger partial charge >= 0.3 is 0 Å². The first-order chi connectivity index (χ1) is 8.06. The standard InChI is InChI=1S/C14H18N2S/c1-9-5-13(8-15-7-9)16-11(3)14-6-10(2)17-12(14)4/h5-8,11,16H,1-4H3. The Morgan fingerprint density at radius 1 is 1.18 bits per heavy atom. The molecular weight excluding hydrogens is 228 g/mol. The van der Waals surface area contributed by atoms with E-state index in [0.29, 0.717) is 6.04 Å². The van der Waals surface area contributed by atoms with Crippen LogP contribution in [0.2, 0.25) is 0 Å². The lowest BCUT2D eigenvalue weighted by Crippen LogP contribution is -2.07. The molecule has 2 aromatic heterocycles. The van der Waals surface area contributed by atoms with E-state index < -0.39 is 0 Å². The average Bonchev–Trinajstić information content (AvgIpc) is 2.58. The highest BCUT2D eigenvalue weighted by atomic mass is 32.1. The fourth-order valence-electron chi connectivity index (χ4n) is 2.04. The number of nitrogens with one attached hydrogen (secondary N) is 1. The normalized spacial score (nSPS) is 12.5. The predicted molar refractivity (Wildman–Crippen MR) is 74.8 cm³/mol. The molecule has 2 nitrogen and oxygen atoms in total. The van der Waals surface area contributed by atoms with E-state index >= 15 is 0 Å². The fraction of sp³-hybridized carbons (Fsp3) is 0.357. The van der Waals surface area contributed by atoms with Gasteiger partial charge in [-0.3, -0.25) is 4.98 Å². The van der Waals surface area contributed by atoms with Crippen molar-refractivity contribution >= 4 is 17.0 Å². The third-order valence-electron chi connectivity index (χ3n) is 2.80. The third-order valence-corrected chi connectivity index (χ3v) is 3.79. The van der Waals surface area contributed by atoms with Gasteiger partial charge in [-0.2, -0.15) is 0 Å². The molecule has 0 bridgehead atoms. The van der Waals surface area contributed by atoms with E-state index in [9.17, 15) is 0 Å². The molecule has 0 spiro atoms. The lowest BCUT2D eigenvalue weighted by atomic mass is 10.1. The average molecular weight is 246 g/mol. The molecule has 1 unspecified atom stereocenters. The Balaban J connectivity index is 2.16. The first kappa shape index (κ1) is 12.1. The number of hydrogen-bond acceptors (Lipinski definition) is 3. The van der Waals surface area contributed by atoms with Gasteiger partial charge in [-0.15, -0.1) is 11.3 Å². The minimum Gasteiger partial charge on any atom is -0.377 e. The molecule has 0 aliphatic rings. The maximum absolute atomic E-state index is 4.20. The van der Waals surface area contributed by atoms with Crippen LogP contribution in [0.15, 0.2) is 24.5 Å². The van der Waals surface area contributed by atoms with Crippen LogP contribution >= 0.6 is 11.3 Å². The second-order valence-electron chi connectivity index (χ2n) is 4.49. The first-order valence-corrected chi connectivity index (χ1v) is 6.63. The fourth-order valence-corrected chi connectivity index (χ4v) is 3.06. The number of aromatic nitrogens is 1. The highest BCUT2D eigenvalue weighted by molar-refractivity contribution is 7.12. The van der Waals surface area contributed by atoms with Crippen molar-refractivity contribution in [2.75, 3.05) is 5.32 Å². The molecule has 0 saturated carbocycles. The summed E-state index contributed by atoms with van der Waals surface area (Å²) >= 11 is 1.86. The smallest absolute Gasteiger partial charge is 0.0534 e. The van der Waals surface area contributed by atoms with Gasteiger partial charge in [0.1, 0.15) is 0 Å². The number of hydrogen-bond donors (Lipinski definition) is 1. The van der Waals surface area contributed by atoms with Gasteiger partial charge in [0.25, 0.3) is 0 Å². The second-order valence-corrected chi connectivity index (χ2v) is 5.95. The van der Waals surface area contributed by atoms with Crippen LogP contribution in [0.5, 0.6) is 0 Å². The van der Waals surface area contributed by atoms with Gasteiger partial charge in [0.05, 0.1) is 5.69 Å². The van der Waals surface area contributed by atoms with E-state index in [-0.39, 0.29) is 0 Å². The van der Waals surface area contributed by atoms with Crippen molar-refractivity contribution in [1.29, 1.82) is 0 Å². The zero-order valence-corrected chi connectivity index (χ0v) is 11.6. The molecule has 3 heteroatoms. The van der Waals surface area contributed by atoms with Crippen LogP contribution in [0.25, 0.3) is 0 Å². The number of nitrogens with zero attached hydrogens (tertiary/aromatic N) is 1. The number of thiophene rings is 1. The minimum absolute atomic E-state index is 0.323. The summed E-state index contributed by atoms with van der Waals surface area (Å²) in [6.07, 6.45) is 3.74. The van der Waals surface area contributed by atoms with E-state index in [0.717, 1.165) is 5.69 Å². The van der Waals surface area contributed by atoms with Gasteiger partial charge in [0.15, 0.2) is 0 Å². The quantitative estimate of drug-likeness (QED) is 0.876. The lowest BCUT2D eigenvalue weighted by molar-refractivity contribution is 0.879. The van der Waals surface area contributed by atoms with E-state index in [1.165, 1.54) is 20.9 Å². The Labute approximate surface area is 107 Å². The SMILES string of the molecule is Cc1cncc(NC(C)c2cc(C)sc2C)c1. The summed E-state index contributed by atoms with van der Waals surface area (Å²) in [5.41, 5.74) is 3.65. The summed E-state index contributed by atoms with van der Waals surface area (Å²) in [7, 11) is 0. The molecule has 2 rings (SSSR count). The molecule has 2 heterocycles. The Morgan fingerprint density at radius 3 is 2.53 bits per heavy atom. The van der Waals surface area contributed by atoms with Crippen LogP contribution in [-0.4, -0.2) is 4.98 Å². The second kappa shape index (κ2) is 4.88. The monoisotopic (exact) mass is 246 g/mol. The summed E-state index contributed by atoms with van der Waals surface area (Å²) in [6, 6.07) is 4.71. The molecule has 0 aliphatic carbocycles. The maximum atomic E-state index is 4.20. The third kappa shape index (κ3) is 2.86. The summed E-state index contributed by atoms with van der Waals surface area (Å²) in [6.45, 7) is 8.58. The van der Waals surface area contributed by atoms with Gasteiger partial charge in [-0.25, -0.2) is 0 Å². The summed E-state index contributed by atoms with van der Waals surface area (Å²) in [4.78, 5) is 6.96. The molecule has 2 aromatic rings. The van der Waals surface area contributed by atoms with Crippen LogP contribution in [-0.2, 0) is 0 Å². The van der Waals surface area contributed by atoms with Crippen LogP contribution in [0.1, 0.15) is 33.8 Å². The molecule has 0 saturated heterocycles. The van der Waals surface area contributed by atoms with E-state index in [4.69, 9.17) is 0 Å². The highest BCUT2D eigenvalue weighted by Gasteiger charge is 2.11. The van der Waals surface area contributed by atoms with Crippen molar-refractivity contribution in [2.24, 2.45) is 0 Å². The number of pyridine rings is 1. The van der Waals surface area contributed by atoms with E-state index in [1.807, 2.05) is 23.7 Å². The predicted octanol–water partition coefficient (Wildman–Crippen LogP) is 4.24. The van der Waals surface area contributed by atoms with Crippen molar-refractivity contribution in [3.8, 4) is 0 Å². The molecule has 0 aromatic carbocycles. The van der Waals surface area contributed by atoms with Gasteiger partial charge in [0, 0.05) is 28.2 Å². The van der Waals surface area contributed by atoms with Gasteiger partial charge in [0.2, 0.25) is 0 Å². The number of rotatable bonds is 3. The van der Waals surface area contributed by atoms with Crippen LogP contribution in [0.3, 0.4) is 0 Å². The zero-order valence-electron chi connectivity index (χ0n) is 10.7. The molecule has 0 aliphatic heterocycles. The van der Waals surface area contributed by atoms with Crippen molar-refractivity contribution in [3.63, 3.8) is 0 Å². The Hall–Kier alpha value is -1.35. The largest absolute Gasteiger partial charge is 0.377 e. The van der Waals surface area contributed by atoms with Crippen LogP contribution in [0, 0.1) is 20.8 Å². The van der Waals surface area contributed by atoms with Crippen molar-refractivity contribution < 1.29 is 0 Å². The molecule has 1 atom stereocenters. The Bertz CT molecular complexity index is 517. The van der Waals surface area contributed by atoms with E-state index in [2.05, 4.69) is 50.1 Å². The zero-order chi connectivity index (χ0) is 12.4. The topological polar surface area (TPSA) is 24.9 Å². The Morgan fingerprint density at radius 2 is 1.94 bits per heavy atom. The van der Waals surface area contributed by atoms with Crippen molar-refractivity contribution in [3.05, 3.63) is 45.4 Å². The summed E-state index contributed by atoms with van der Waals surface area (Å²) in [5, 5.41) is 3.50. The summed E-state index contributed by atoms with van der Waals surface area (Å²) in [5.74, 6) is 0. The van der Waals surface area contributed by atoms with Crippen LogP contribution in [0.4, 0.5) is 5.69 Å². The molecule has 17 heavy (non-hydrogen) atoms. The minimum atomic E-state index is 0.323. The first-order valence-electron chi connectivity index (χ1n) is 5.81. The Kier molecular flexibility index (Phi) is 3.48. The number of anilines is 1. The van der Waals surface area contributed by atoms with Gasteiger partial charge in [-0.1, -0.05) is 0 Å². The lowest BCUT2D eigenvalue weighted by Gasteiger charge is -2.15. The van der Waals surface area contributed by atoms with Gasteiger partial charge < -0.3 is 5.32 Å². The molecule has 1 N–H and O–H groups in total. The molecule has 0 amide bonds. The maximum Gasteiger partial charge on any atom is 0.0534 e. The van der Waals surface area contributed by atoms with Crippen LogP contribution < -0.4 is 5.32 Å². The number of aryl methyl sites for hydroxylation is 3. The highest BCUT2D eigenvalue weighted by Crippen LogP contribution is 2.28. The van der Waals surface area contributed by atoms with Crippen molar-refractivity contribution in [2.45, 2.75) is 33.7 Å². The molecule has 0 fully saturated rings. The molecule has 0 radical (unpaired) electrons. The van der Waals surface area contributed by atoms with E-state index in [1.54, 1.807) is 0 Å².